The lowest BCUT2D eigenvalue weighted by molar-refractivity contribution is -0.136. The molecule has 0 aliphatic rings. The topological polar surface area (TPSA) is 94.7 Å². The summed E-state index contributed by atoms with van der Waals surface area (Å²) in [6.45, 7) is 3.92. The summed E-state index contributed by atoms with van der Waals surface area (Å²) in [5.41, 5.74) is 3.13. The lowest BCUT2D eigenvalue weighted by Gasteiger charge is -2.07. The smallest absolute Gasteiger partial charge is 0.303 e. The van der Waals surface area contributed by atoms with Crippen molar-refractivity contribution >= 4 is 12.0 Å². The molecule has 0 saturated carbocycles. The number of aromatic nitrogens is 2. The highest BCUT2D eigenvalue weighted by molar-refractivity contribution is 5.73. The van der Waals surface area contributed by atoms with Gasteiger partial charge >= 0.3 is 5.97 Å². The highest BCUT2D eigenvalue weighted by Gasteiger charge is 2.20. The summed E-state index contributed by atoms with van der Waals surface area (Å²) >= 11 is 0. The van der Waals surface area contributed by atoms with E-state index in [2.05, 4.69) is 10.1 Å². The minimum absolute atomic E-state index is 0.0434. The normalized spacial score (nSPS) is 10.6. The van der Waals surface area contributed by atoms with E-state index in [-0.39, 0.29) is 30.2 Å². The van der Waals surface area contributed by atoms with Crippen LogP contribution in [0.1, 0.15) is 37.1 Å². The standard InChI is InChI=1S/C23H23FN2O5/c1-14(2)9-18-20(13-30-16-6-4-5-15(10-16)7-8-22(27)28)26-31-23(18)17-11-21(29-3)25-12-19(17)24/h4-6,9-12H,7-8,13H2,1-3H3,(H,27,28). The molecule has 0 aliphatic heterocycles. The summed E-state index contributed by atoms with van der Waals surface area (Å²) < 4.78 is 30.9. The molecule has 31 heavy (non-hydrogen) atoms. The number of methoxy groups -OCH3 is 1. The van der Waals surface area contributed by atoms with Gasteiger partial charge in [-0.15, -0.1) is 0 Å². The van der Waals surface area contributed by atoms with Gasteiger partial charge in [-0.3, -0.25) is 4.79 Å². The number of hydrogen-bond acceptors (Lipinski definition) is 6. The SMILES string of the molecule is COc1cc(-c2onc(COc3cccc(CCC(=O)O)c3)c2C=C(C)C)c(F)cn1. The number of aryl methyl sites for hydroxylation is 1. The van der Waals surface area contributed by atoms with Gasteiger partial charge in [0.2, 0.25) is 5.88 Å². The molecule has 0 spiro atoms. The molecule has 1 aromatic carbocycles. The van der Waals surface area contributed by atoms with E-state index in [0.717, 1.165) is 17.3 Å². The number of halogens is 1. The molecule has 8 heteroatoms. The molecule has 0 radical (unpaired) electrons. The second-order valence-corrected chi connectivity index (χ2v) is 7.13. The van der Waals surface area contributed by atoms with Gasteiger partial charge in [-0.25, -0.2) is 9.37 Å². The molecule has 0 fully saturated rings. The first-order chi connectivity index (χ1) is 14.9. The van der Waals surface area contributed by atoms with Crippen molar-refractivity contribution < 1.29 is 28.3 Å². The van der Waals surface area contributed by atoms with Gasteiger partial charge in [0.15, 0.2) is 11.6 Å². The Kier molecular flexibility index (Phi) is 7.02. The Morgan fingerprint density at radius 1 is 1.29 bits per heavy atom. The minimum atomic E-state index is -0.854. The number of carbonyl (C=O) groups is 1. The second kappa shape index (κ2) is 9.88. The molecular formula is C23H23FN2O5. The predicted molar refractivity (Wildman–Crippen MR) is 112 cm³/mol. The number of nitrogens with zero attached hydrogens (tertiary/aromatic N) is 2. The number of benzene rings is 1. The second-order valence-electron chi connectivity index (χ2n) is 7.13. The van der Waals surface area contributed by atoms with Gasteiger partial charge in [0.05, 0.1) is 18.9 Å². The summed E-state index contributed by atoms with van der Waals surface area (Å²) in [5.74, 6) is -0.320. The maximum absolute atomic E-state index is 14.4. The fraction of sp³-hybridized carbons (Fsp3) is 0.261. The highest BCUT2D eigenvalue weighted by atomic mass is 19.1. The largest absolute Gasteiger partial charge is 0.487 e. The van der Waals surface area contributed by atoms with Crippen molar-refractivity contribution in [3.05, 3.63) is 64.7 Å². The summed E-state index contributed by atoms with van der Waals surface area (Å²) in [6, 6.07) is 8.67. The number of aliphatic carboxylic acids is 1. The maximum Gasteiger partial charge on any atom is 0.303 e. The Morgan fingerprint density at radius 2 is 2.10 bits per heavy atom. The Labute approximate surface area is 179 Å². The van der Waals surface area contributed by atoms with E-state index in [1.165, 1.54) is 13.2 Å². The quantitative estimate of drug-likeness (QED) is 0.520. The molecule has 162 valence electrons. The molecule has 0 amide bonds. The van der Waals surface area contributed by atoms with Crippen LogP contribution in [0.15, 0.2) is 46.6 Å². The number of carboxylic acids is 1. The van der Waals surface area contributed by atoms with Gasteiger partial charge in [-0.1, -0.05) is 28.9 Å². The Balaban J connectivity index is 1.87. The minimum Gasteiger partial charge on any atom is -0.487 e. The molecule has 3 rings (SSSR count). The van der Waals surface area contributed by atoms with Crippen LogP contribution in [-0.2, 0) is 17.8 Å². The number of hydrogen-bond donors (Lipinski definition) is 1. The van der Waals surface area contributed by atoms with Gasteiger partial charge in [-0.2, -0.15) is 0 Å². The van der Waals surface area contributed by atoms with Crippen LogP contribution >= 0.6 is 0 Å². The van der Waals surface area contributed by atoms with E-state index < -0.39 is 11.8 Å². The number of pyridine rings is 1. The first kappa shape index (κ1) is 22.0. The number of ether oxygens (including phenoxy) is 2. The molecule has 0 aliphatic carbocycles. The van der Waals surface area contributed by atoms with Crippen LogP contribution < -0.4 is 9.47 Å². The maximum atomic E-state index is 14.4. The molecule has 1 N–H and O–H groups in total. The van der Waals surface area contributed by atoms with Crippen LogP contribution in [0.2, 0.25) is 0 Å². The van der Waals surface area contributed by atoms with E-state index in [1.807, 2.05) is 26.0 Å². The first-order valence-electron chi connectivity index (χ1n) is 9.64. The third-order valence-electron chi connectivity index (χ3n) is 4.42. The molecule has 3 aromatic rings. The molecule has 2 aromatic heterocycles. The summed E-state index contributed by atoms with van der Waals surface area (Å²) in [6.07, 6.45) is 3.37. The van der Waals surface area contributed by atoms with Crippen LogP contribution in [0.5, 0.6) is 11.6 Å². The van der Waals surface area contributed by atoms with E-state index >= 15 is 0 Å². The first-order valence-corrected chi connectivity index (χ1v) is 9.64. The molecule has 2 heterocycles. The Morgan fingerprint density at radius 3 is 2.81 bits per heavy atom. The summed E-state index contributed by atoms with van der Waals surface area (Å²) in [7, 11) is 1.45. The zero-order chi connectivity index (χ0) is 22.4. The molecular weight excluding hydrogens is 403 g/mol. The average molecular weight is 426 g/mol. The number of rotatable bonds is 9. The summed E-state index contributed by atoms with van der Waals surface area (Å²) in [5, 5.41) is 12.9. The lowest BCUT2D eigenvalue weighted by Crippen LogP contribution is -2.00. The van der Waals surface area contributed by atoms with Gasteiger partial charge in [0, 0.05) is 18.1 Å². The van der Waals surface area contributed by atoms with E-state index in [0.29, 0.717) is 23.4 Å². The van der Waals surface area contributed by atoms with Crippen LogP contribution in [0.25, 0.3) is 17.4 Å². The van der Waals surface area contributed by atoms with Gasteiger partial charge in [-0.05, 0) is 38.0 Å². The lowest BCUT2D eigenvalue weighted by atomic mass is 10.1. The monoisotopic (exact) mass is 426 g/mol. The van der Waals surface area contributed by atoms with Gasteiger partial charge in [0.25, 0.3) is 0 Å². The highest BCUT2D eigenvalue weighted by Crippen LogP contribution is 2.32. The van der Waals surface area contributed by atoms with Gasteiger partial charge < -0.3 is 19.1 Å². The Hall–Kier alpha value is -3.68. The molecule has 0 unspecified atom stereocenters. The van der Waals surface area contributed by atoms with Crippen molar-refractivity contribution in [1.82, 2.24) is 10.1 Å². The zero-order valence-corrected chi connectivity index (χ0v) is 17.5. The van der Waals surface area contributed by atoms with Crippen molar-refractivity contribution in [2.75, 3.05) is 7.11 Å². The molecule has 0 atom stereocenters. The van der Waals surface area contributed by atoms with Crippen molar-refractivity contribution in [3.8, 4) is 23.0 Å². The van der Waals surface area contributed by atoms with Crippen molar-refractivity contribution in [1.29, 1.82) is 0 Å². The van der Waals surface area contributed by atoms with E-state index in [4.69, 9.17) is 19.1 Å². The van der Waals surface area contributed by atoms with Crippen molar-refractivity contribution in [2.24, 2.45) is 0 Å². The van der Waals surface area contributed by atoms with Crippen LogP contribution in [0.3, 0.4) is 0 Å². The molecule has 7 nitrogen and oxygen atoms in total. The fourth-order valence-corrected chi connectivity index (χ4v) is 2.96. The van der Waals surface area contributed by atoms with Gasteiger partial charge in [0.1, 0.15) is 18.1 Å². The predicted octanol–water partition coefficient (Wildman–Crippen LogP) is 4.90. The third-order valence-corrected chi connectivity index (χ3v) is 4.42. The molecule has 0 bridgehead atoms. The Bertz CT molecular complexity index is 1100. The van der Waals surface area contributed by atoms with Crippen LogP contribution in [0.4, 0.5) is 4.39 Å². The van der Waals surface area contributed by atoms with E-state index in [1.54, 1.807) is 18.2 Å². The zero-order valence-electron chi connectivity index (χ0n) is 17.5. The molecule has 0 saturated heterocycles. The number of allylic oxidation sites excluding steroid dienone is 1. The van der Waals surface area contributed by atoms with Crippen molar-refractivity contribution in [2.45, 2.75) is 33.3 Å². The fourth-order valence-electron chi connectivity index (χ4n) is 2.96. The van der Waals surface area contributed by atoms with Crippen LogP contribution in [-0.4, -0.2) is 28.3 Å². The number of carboxylic acid groups (broad SMARTS) is 1. The van der Waals surface area contributed by atoms with Crippen LogP contribution in [0, 0.1) is 5.82 Å². The third kappa shape index (κ3) is 5.69. The summed E-state index contributed by atoms with van der Waals surface area (Å²) in [4.78, 5) is 14.6. The van der Waals surface area contributed by atoms with E-state index in [9.17, 15) is 9.18 Å². The van der Waals surface area contributed by atoms with Crippen molar-refractivity contribution in [3.63, 3.8) is 0 Å². The average Bonchev–Trinajstić information content (AvgIpc) is 3.13.